The van der Waals surface area contributed by atoms with Gasteiger partial charge in [-0.05, 0) is 18.5 Å². The van der Waals surface area contributed by atoms with Crippen LogP contribution >= 0.6 is 0 Å². The maximum atomic E-state index is 12.1. The summed E-state index contributed by atoms with van der Waals surface area (Å²) in [7, 11) is 2.70. The quantitative estimate of drug-likeness (QED) is 0.772. The van der Waals surface area contributed by atoms with Crippen molar-refractivity contribution in [1.29, 1.82) is 0 Å². The molecular weight excluding hydrogens is 270 g/mol. The Labute approximate surface area is 124 Å². The van der Waals surface area contributed by atoms with E-state index in [1.807, 2.05) is 18.2 Å². The number of benzene rings is 1. The third-order valence-electron chi connectivity index (χ3n) is 4.01. The zero-order chi connectivity index (χ0) is 15.3. The molecule has 1 aliphatic rings. The summed E-state index contributed by atoms with van der Waals surface area (Å²) in [5, 5.41) is 0. The zero-order valence-corrected chi connectivity index (χ0v) is 12.5. The van der Waals surface area contributed by atoms with E-state index in [0.717, 1.165) is 13.1 Å². The van der Waals surface area contributed by atoms with Crippen LogP contribution in [0.3, 0.4) is 0 Å². The summed E-state index contributed by atoms with van der Waals surface area (Å²) in [6, 6.07) is 10.1. The predicted molar refractivity (Wildman–Crippen MR) is 77.4 cm³/mol. The van der Waals surface area contributed by atoms with E-state index < -0.39 is 5.41 Å². The Morgan fingerprint density at radius 1 is 1.19 bits per heavy atom. The number of carbonyl (C=O) groups is 2. The largest absolute Gasteiger partial charge is 0.469 e. The van der Waals surface area contributed by atoms with Gasteiger partial charge in [0.15, 0.2) is 0 Å². The maximum Gasteiger partial charge on any atom is 0.313 e. The fraction of sp³-hybridized carbons (Fsp3) is 0.500. The van der Waals surface area contributed by atoms with E-state index in [1.54, 1.807) is 0 Å². The second-order valence-electron chi connectivity index (χ2n) is 5.47. The Morgan fingerprint density at radius 2 is 1.90 bits per heavy atom. The van der Waals surface area contributed by atoms with Gasteiger partial charge in [0.2, 0.25) is 0 Å². The van der Waals surface area contributed by atoms with Crippen molar-refractivity contribution in [3.8, 4) is 0 Å². The number of nitrogens with zero attached hydrogens (tertiary/aromatic N) is 1. The van der Waals surface area contributed by atoms with Crippen LogP contribution in [0.5, 0.6) is 0 Å². The Balaban J connectivity index is 2.07. The highest BCUT2D eigenvalue weighted by Gasteiger charge is 2.47. The first-order chi connectivity index (χ1) is 10.1. The van der Waals surface area contributed by atoms with Crippen LogP contribution in [0.1, 0.15) is 18.4 Å². The van der Waals surface area contributed by atoms with Gasteiger partial charge in [-0.1, -0.05) is 30.3 Å². The van der Waals surface area contributed by atoms with Gasteiger partial charge in [-0.25, -0.2) is 0 Å². The average molecular weight is 291 g/mol. The minimum atomic E-state index is -0.781. The number of esters is 2. The Hall–Kier alpha value is -1.88. The van der Waals surface area contributed by atoms with Gasteiger partial charge >= 0.3 is 11.9 Å². The van der Waals surface area contributed by atoms with E-state index in [1.165, 1.54) is 19.8 Å². The number of ether oxygens (including phenoxy) is 2. The fourth-order valence-electron chi connectivity index (χ4n) is 2.88. The molecule has 1 atom stereocenters. The number of hydrogen-bond donors (Lipinski definition) is 0. The highest BCUT2D eigenvalue weighted by atomic mass is 16.5. The smallest absolute Gasteiger partial charge is 0.313 e. The zero-order valence-electron chi connectivity index (χ0n) is 12.5. The molecule has 114 valence electrons. The van der Waals surface area contributed by atoms with Gasteiger partial charge < -0.3 is 9.47 Å². The van der Waals surface area contributed by atoms with E-state index >= 15 is 0 Å². The molecule has 0 N–H and O–H groups in total. The van der Waals surface area contributed by atoms with Crippen molar-refractivity contribution in [2.45, 2.75) is 19.4 Å². The summed E-state index contributed by atoms with van der Waals surface area (Å²) in [5.74, 6) is -0.703. The number of hydrogen-bond acceptors (Lipinski definition) is 5. The van der Waals surface area contributed by atoms with Crippen LogP contribution in [0, 0.1) is 5.41 Å². The van der Waals surface area contributed by atoms with Crippen molar-refractivity contribution < 1.29 is 19.1 Å². The lowest BCUT2D eigenvalue weighted by molar-refractivity contribution is -0.158. The lowest BCUT2D eigenvalue weighted by atomic mass is 9.83. The van der Waals surface area contributed by atoms with Crippen molar-refractivity contribution in [3.05, 3.63) is 35.9 Å². The van der Waals surface area contributed by atoms with E-state index in [4.69, 9.17) is 9.47 Å². The molecule has 5 heteroatoms. The minimum absolute atomic E-state index is 0.0709. The molecule has 0 aromatic heterocycles. The van der Waals surface area contributed by atoms with Crippen molar-refractivity contribution >= 4 is 11.9 Å². The average Bonchev–Trinajstić information content (AvgIpc) is 2.91. The van der Waals surface area contributed by atoms with Gasteiger partial charge in [-0.2, -0.15) is 0 Å². The molecular formula is C16H21NO4. The van der Waals surface area contributed by atoms with E-state index in [-0.39, 0.29) is 18.4 Å². The second kappa shape index (κ2) is 6.72. The summed E-state index contributed by atoms with van der Waals surface area (Å²) < 4.78 is 9.63. The SMILES string of the molecule is COC(=O)CC1(C(=O)OC)CCN(Cc2ccccc2)C1. The summed E-state index contributed by atoms with van der Waals surface area (Å²) >= 11 is 0. The first kappa shape index (κ1) is 15.5. The first-order valence-electron chi connectivity index (χ1n) is 7.01. The Bertz CT molecular complexity index is 502. The molecule has 1 aromatic carbocycles. The number of carbonyl (C=O) groups excluding carboxylic acids is 2. The Kier molecular flexibility index (Phi) is 4.96. The molecule has 1 aliphatic heterocycles. The normalized spacial score (nSPS) is 22.0. The number of methoxy groups -OCH3 is 2. The van der Waals surface area contributed by atoms with Crippen LogP contribution in [0.2, 0.25) is 0 Å². The van der Waals surface area contributed by atoms with Gasteiger partial charge in [-0.3, -0.25) is 14.5 Å². The molecule has 1 saturated heterocycles. The third kappa shape index (κ3) is 3.61. The molecule has 0 spiro atoms. The Morgan fingerprint density at radius 3 is 2.52 bits per heavy atom. The highest BCUT2D eigenvalue weighted by Crippen LogP contribution is 2.36. The highest BCUT2D eigenvalue weighted by molar-refractivity contribution is 5.84. The van der Waals surface area contributed by atoms with Crippen molar-refractivity contribution in [3.63, 3.8) is 0 Å². The van der Waals surface area contributed by atoms with E-state index in [0.29, 0.717) is 13.0 Å². The lowest BCUT2D eigenvalue weighted by Crippen LogP contribution is -2.38. The monoisotopic (exact) mass is 291 g/mol. The first-order valence-corrected chi connectivity index (χ1v) is 7.01. The summed E-state index contributed by atoms with van der Waals surface area (Å²) in [4.78, 5) is 25.9. The topological polar surface area (TPSA) is 55.8 Å². The standard InChI is InChI=1S/C16H21NO4/c1-20-14(18)10-16(15(19)21-2)8-9-17(12-16)11-13-6-4-3-5-7-13/h3-7H,8-12H2,1-2H3. The lowest BCUT2D eigenvalue weighted by Gasteiger charge is -2.25. The van der Waals surface area contributed by atoms with Gasteiger partial charge in [0.05, 0.1) is 26.1 Å². The molecule has 0 bridgehead atoms. The number of rotatable bonds is 5. The van der Waals surface area contributed by atoms with Crippen LogP contribution in [0.25, 0.3) is 0 Å². The van der Waals surface area contributed by atoms with Gasteiger partial charge in [0, 0.05) is 13.1 Å². The summed E-state index contributed by atoms with van der Waals surface area (Å²) in [5.41, 5.74) is 0.410. The molecule has 0 aliphatic carbocycles. The summed E-state index contributed by atoms with van der Waals surface area (Å²) in [6.45, 7) is 2.05. The molecule has 21 heavy (non-hydrogen) atoms. The molecule has 0 saturated carbocycles. The molecule has 0 amide bonds. The maximum absolute atomic E-state index is 12.1. The molecule has 1 aromatic rings. The summed E-state index contributed by atoms with van der Waals surface area (Å²) in [6.07, 6.45) is 0.684. The molecule has 2 rings (SSSR count). The van der Waals surface area contributed by atoms with E-state index in [2.05, 4.69) is 17.0 Å². The van der Waals surface area contributed by atoms with Crippen LogP contribution in [0.4, 0.5) is 0 Å². The third-order valence-corrected chi connectivity index (χ3v) is 4.01. The second-order valence-corrected chi connectivity index (χ2v) is 5.47. The molecule has 0 radical (unpaired) electrons. The van der Waals surface area contributed by atoms with Crippen LogP contribution in [-0.4, -0.2) is 44.1 Å². The van der Waals surface area contributed by atoms with Crippen molar-refractivity contribution in [1.82, 2.24) is 4.90 Å². The van der Waals surface area contributed by atoms with E-state index in [9.17, 15) is 9.59 Å². The molecule has 5 nitrogen and oxygen atoms in total. The van der Waals surface area contributed by atoms with Crippen molar-refractivity contribution in [2.24, 2.45) is 5.41 Å². The predicted octanol–water partition coefficient (Wildman–Crippen LogP) is 1.61. The van der Waals surface area contributed by atoms with Crippen LogP contribution < -0.4 is 0 Å². The molecule has 1 fully saturated rings. The number of likely N-dealkylation sites (tertiary alicyclic amines) is 1. The van der Waals surface area contributed by atoms with Gasteiger partial charge in [0.1, 0.15) is 0 Å². The molecule has 1 heterocycles. The molecule has 1 unspecified atom stereocenters. The minimum Gasteiger partial charge on any atom is -0.469 e. The van der Waals surface area contributed by atoms with Gasteiger partial charge in [-0.15, -0.1) is 0 Å². The van der Waals surface area contributed by atoms with Crippen LogP contribution in [-0.2, 0) is 25.6 Å². The van der Waals surface area contributed by atoms with Crippen LogP contribution in [0.15, 0.2) is 30.3 Å². The van der Waals surface area contributed by atoms with Crippen molar-refractivity contribution in [2.75, 3.05) is 27.3 Å². The van der Waals surface area contributed by atoms with Gasteiger partial charge in [0.25, 0.3) is 0 Å². The fourth-order valence-corrected chi connectivity index (χ4v) is 2.88.